The van der Waals surface area contributed by atoms with Crippen molar-refractivity contribution in [2.75, 3.05) is 39.4 Å². The van der Waals surface area contributed by atoms with Crippen molar-refractivity contribution in [3.8, 4) is 0 Å². The third kappa shape index (κ3) is 5.51. The van der Waals surface area contributed by atoms with Crippen molar-refractivity contribution in [1.29, 1.82) is 0 Å². The first-order chi connectivity index (χ1) is 17.6. The Hall–Kier alpha value is -1.51. The van der Waals surface area contributed by atoms with Gasteiger partial charge in [-0.2, -0.15) is 4.89 Å². The molecule has 7 nitrogen and oxygen atoms in total. The fourth-order valence-corrected chi connectivity index (χ4v) is 7.94. The Labute approximate surface area is 215 Å². The van der Waals surface area contributed by atoms with E-state index in [1.807, 2.05) is 6.07 Å². The summed E-state index contributed by atoms with van der Waals surface area (Å²) < 4.78 is 12.2. The van der Waals surface area contributed by atoms with Gasteiger partial charge in [-0.1, -0.05) is 30.3 Å². The summed E-state index contributed by atoms with van der Waals surface area (Å²) in [6.07, 6.45) is 9.82. The predicted octanol–water partition coefficient (Wildman–Crippen LogP) is 4.07. The summed E-state index contributed by atoms with van der Waals surface area (Å²) in [6.45, 7) is 4.93. The Morgan fingerprint density at radius 1 is 0.972 bits per heavy atom. The van der Waals surface area contributed by atoms with Gasteiger partial charge in [0, 0.05) is 50.9 Å². The SMILES string of the molecule is O=C(CCC1(CCc2ccccc2)OOC(C23CC4CC(CC(C4)C2)C3)O1)NCCN1CCOCC1. The molecule has 2 unspecified atom stereocenters. The largest absolute Gasteiger partial charge is 0.379 e. The van der Waals surface area contributed by atoms with E-state index in [0.717, 1.165) is 57.0 Å². The third-order valence-corrected chi connectivity index (χ3v) is 9.42. The first-order valence-electron chi connectivity index (χ1n) is 14.2. The van der Waals surface area contributed by atoms with Gasteiger partial charge in [0.15, 0.2) is 6.29 Å². The fourth-order valence-electron chi connectivity index (χ4n) is 7.94. The van der Waals surface area contributed by atoms with Gasteiger partial charge in [0.25, 0.3) is 0 Å². The molecule has 0 aromatic heterocycles. The van der Waals surface area contributed by atoms with Crippen molar-refractivity contribution in [3.05, 3.63) is 35.9 Å². The minimum absolute atomic E-state index is 0.0489. The lowest BCUT2D eigenvalue weighted by atomic mass is 9.49. The number of carbonyl (C=O) groups is 1. The van der Waals surface area contributed by atoms with Crippen LogP contribution in [0.4, 0.5) is 0 Å². The maximum Gasteiger partial charge on any atom is 0.220 e. The van der Waals surface area contributed by atoms with E-state index in [0.29, 0.717) is 25.8 Å². The van der Waals surface area contributed by atoms with Crippen LogP contribution in [0.5, 0.6) is 0 Å². The van der Waals surface area contributed by atoms with Crippen LogP contribution in [0.3, 0.4) is 0 Å². The summed E-state index contributed by atoms with van der Waals surface area (Å²) in [4.78, 5) is 27.2. The quantitative estimate of drug-likeness (QED) is 0.491. The van der Waals surface area contributed by atoms with Gasteiger partial charge in [-0.3, -0.25) is 9.69 Å². The van der Waals surface area contributed by atoms with Crippen LogP contribution in [0.15, 0.2) is 30.3 Å². The number of hydrogen-bond acceptors (Lipinski definition) is 6. The third-order valence-electron chi connectivity index (χ3n) is 9.42. The van der Waals surface area contributed by atoms with Crippen LogP contribution in [0.2, 0.25) is 0 Å². The molecule has 6 aliphatic rings. The van der Waals surface area contributed by atoms with Crippen LogP contribution in [0, 0.1) is 23.2 Å². The highest BCUT2D eigenvalue weighted by Crippen LogP contribution is 2.63. The number of rotatable bonds is 10. The first-order valence-corrected chi connectivity index (χ1v) is 14.2. The Balaban J connectivity index is 1.07. The highest BCUT2D eigenvalue weighted by Gasteiger charge is 2.59. The van der Waals surface area contributed by atoms with Crippen LogP contribution < -0.4 is 5.32 Å². The van der Waals surface area contributed by atoms with Gasteiger partial charge in [0.2, 0.25) is 11.7 Å². The number of hydrogen-bond donors (Lipinski definition) is 1. The van der Waals surface area contributed by atoms with Gasteiger partial charge in [0.05, 0.1) is 13.2 Å². The van der Waals surface area contributed by atoms with E-state index >= 15 is 0 Å². The lowest BCUT2D eigenvalue weighted by Gasteiger charge is -2.57. The molecule has 1 amide bonds. The van der Waals surface area contributed by atoms with E-state index in [4.69, 9.17) is 19.2 Å². The molecule has 4 saturated carbocycles. The molecule has 6 fully saturated rings. The van der Waals surface area contributed by atoms with Gasteiger partial charge in [-0.25, -0.2) is 4.89 Å². The molecule has 0 radical (unpaired) electrons. The van der Waals surface area contributed by atoms with E-state index < -0.39 is 5.79 Å². The number of morpholine rings is 1. The summed E-state index contributed by atoms with van der Waals surface area (Å²) in [6, 6.07) is 10.4. The van der Waals surface area contributed by atoms with E-state index in [1.54, 1.807) is 0 Å². The zero-order chi connectivity index (χ0) is 24.4. The lowest BCUT2D eigenvalue weighted by molar-refractivity contribution is -0.348. The average Bonchev–Trinajstić information content (AvgIpc) is 3.33. The molecule has 2 aliphatic heterocycles. The normalized spacial score (nSPS) is 37.9. The molecule has 1 N–H and O–H groups in total. The van der Waals surface area contributed by atoms with Gasteiger partial charge in [-0.05, 0) is 68.3 Å². The van der Waals surface area contributed by atoms with Gasteiger partial charge >= 0.3 is 0 Å². The Morgan fingerprint density at radius 3 is 2.36 bits per heavy atom. The second kappa shape index (κ2) is 10.7. The standard InChI is InChI=1S/C29H42N2O5/c32-26(30-10-11-31-12-14-33-15-13-31)7-9-29(8-6-22-4-2-1-3-5-22)34-27(35-36-29)28-19-23-16-24(20-28)18-25(17-23)21-28/h1-5,23-25,27H,6-21H2,(H,30,32). The van der Waals surface area contributed by atoms with E-state index in [2.05, 4.69) is 34.5 Å². The van der Waals surface area contributed by atoms with E-state index in [9.17, 15) is 4.79 Å². The number of carbonyl (C=O) groups excluding carboxylic acids is 1. The number of aryl methyl sites for hydroxylation is 1. The molecule has 4 aliphatic carbocycles. The molecule has 1 aromatic rings. The summed E-state index contributed by atoms with van der Waals surface area (Å²) in [7, 11) is 0. The second-order valence-electron chi connectivity index (χ2n) is 12.1. The number of ether oxygens (including phenoxy) is 2. The Morgan fingerprint density at radius 2 is 1.67 bits per heavy atom. The summed E-state index contributed by atoms with van der Waals surface area (Å²) >= 11 is 0. The molecule has 7 rings (SSSR count). The van der Waals surface area contributed by atoms with Crippen LogP contribution >= 0.6 is 0 Å². The van der Waals surface area contributed by atoms with Crippen LogP contribution in [0.25, 0.3) is 0 Å². The molecule has 2 saturated heterocycles. The Bertz CT molecular complexity index is 854. The smallest absolute Gasteiger partial charge is 0.220 e. The molecule has 36 heavy (non-hydrogen) atoms. The number of nitrogens with zero attached hydrogens (tertiary/aromatic N) is 1. The number of amides is 1. The Kier molecular flexibility index (Phi) is 7.37. The average molecular weight is 499 g/mol. The van der Waals surface area contributed by atoms with Crippen molar-refractivity contribution in [3.63, 3.8) is 0 Å². The maximum atomic E-state index is 12.8. The van der Waals surface area contributed by atoms with E-state index in [-0.39, 0.29) is 17.6 Å². The van der Waals surface area contributed by atoms with Gasteiger partial charge in [-0.15, -0.1) is 0 Å². The molecule has 0 spiro atoms. The lowest BCUT2D eigenvalue weighted by Crippen LogP contribution is -2.52. The topological polar surface area (TPSA) is 69.3 Å². The summed E-state index contributed by atoms with van der Waals surface area (Å²) in [5.41, 5.74) is 1.33. The number of nitrogens with one attached hydrogen (secondary N) is 1. The highest BCUT2D eigenvalue weighted by molar-refractivity contribution is 5.75. The molecule has 2 atom stereocenters. The number of benzene rings is 1. The molecule has 1 aromatic carbocycles. The zero-order valence-electron chi connectivity index (χ0n) is 21.5. The minimum Gasteiger partial charge on any atom is -0.379 e. The first kappa shape index (κ1) is 24.8. The van der Waals surface area contributed by atoms with E-state index in [1.165, 1.54) is 44.1 Å². The minimum atomic E-state index is -0.870. The highest BCUT2D eigenvalue weighted by atomic mass is 17.3. The molecule has 2 heterocycles. The van der Waals surface area contributed by atoms with Gasteiger partial charge < -0.3 is 14.8 Å². The van der Waals surface area contributed by atoms with Gasteiger partial charge in [0.1, 0.15) is 0 Å². The molecular formula is C29H42N2O5. The van der Waals surface area contributed by atoms with Crippen LogP contribution in [0.1, 0.15) is 63.4 Å². The fraction of sp³-hybridized carbons (Fsp3) is 0.759. The van der Waals surface area contributed by atoms with Crippen molar-refractivity contribution in [2.45, 2.75) is 76.3 Å². The van der Waals surface area contributed by atoms with Crippen LogP contribution in [-0.2, 0) is 30.5 Å². The maximum absolute atomic E-state index is 12.8. The van der Waals surface area contributed by atoms with Crippen LogP contribution in [-0.4, -0.2) is 62.3 Å². The molecule has 198 valence electrons. The molecule has 4 bridgehead atoms. The summed E-state index contributed by atoms with van der Waals surface area (Å²) in [5.74, 6) is 1.64. The van der Waals surface area contributed by atoms with Crippen molar-refractivity contribution >= 4 is 5.91 Å². The predicted molar refractivity (Wildman–Crippen MR) is 135 cm³/mol. The van der Waals surface area contributed by atoms with Crippen molar-refractivity contribution in [1.82, 2.24) is 10.2 Å². The molecule has 7 heteroatoms. The monoisotopic (exact) mass is 498 g/mol. The second-order valence-corrected chi connectivity index (χ2v) is 12.1. The molecular weight excluding hydrogens is 456 g/mol. The summed E-state index contributed by atoms with van der Waals surface area (Å²) in [5, 5.41) is 3.09. The van der Waals surface area contributed by atoms with Crippen molar-refractivity contribution in [2.24, 2.45) is 23.2 Å². The van der Waals surface area contributed by atoms with Crippen molar-refractivity contribution < 1.29 is 24.0 Å². The zero-order valence-corrected chi connectivity index (χ0v) is 21.5.